The number of hydrogen-bond acceptors (Lipinski definition) is 9. The minimum absolute atomic E-state index is 0.00120. The third-order valence-electron chi connectivity index (χ3n) is 11.8. The summed E-state index contributed by atoms with van der Waals surface area (Å²) in [6.45, 7) is 1.42. The fourth-order valence-corrected chi connectivity index (χ4v) is 8.28. The highest BCUT2D eigenvalue weighted by Crippen LogP contribution is 2.35. The average molecular weight is 924 g/mol. The summed E-state index contributed by atoms with van der Waals surface area (Å²) >= 11 is 0. The van der Waals surface area contributed by atoms with Crippen LogP contribution in [-0.2, 0) is 64.1 Å². The van der Waals surface area contributed by atoms with E-state index in [4.69, 9.17) is 15.6 Å². The fraction of sp³-hybridized carbons (Fsp3) is 0.327. The number of benzene rings is 4. The van der Waals surface area contributed by atoms with Crippen LogP contribution in [0.1, 0.15) is 47.1 Å². The molecule has 3 atom stereocenters. The van der Waals surface area contributed by atoms with Gasteiger partial charge in [-0.2, -0.15) is 0 Å². The van der Waals surface area contributed by atoms with E-state index in [0.717, 1.165) is 34.4 Å². The molecule has 8 N–H and O–H groups in total. The Morgan fingerprint density at radius 2 is 1.53 bits per heavy atom. The Morgan fingerprint density at radius 3 is 2.25 bits per heavy atom. The molecule has 2 aliphatic heterocycles. The maximum absolute atomic E-state index is 14.9. The quantitative estimate of drug-likeness (QED) is 0.0856. The minimum atomic E-state index is -1.22. The van der Waals surface area contributed by atoms with Crippen LogP contribution in [0.2, 0.25) is 0 Å². The van der Waals surface area contributed by atoms with Crippen molar-refractivity contribution in [3.8, 4) is 23.0 Å². The molecule has 0 saturated carbocycles. The Balaban J connectivity index is 1.30. The molecule has 354 valence electrons. The molecular formula is C52H57N7O9. The lowest BCUT2D eigenvalue weighted by atomic mass is 9.74. The number of carbonyl (C=O) groups is 7. The molecule has 6 rings (SSSR count). The molecule has 4 aromatic carbocycles. The number of carbonyl (C=O) groups excluding carboxylic acids is 6. The van der Waals surface area contributed by atoms with Gasteiger partial charge in [0, 0.05) is 69.3 Å². The van der Waals surface area contributed by atoms with E-state index in [1.54, 1.807) is 41.3 Å². The number of carboxylic acid groups (broad SMARTS) is 1. The Kier molecular flexibility index (Phi) is 18.2. The standard InChI is InChI=1S/C52H57N7O9/c53-25-29-68-30-27-55-49(65)43-23-26-54-45(60)20-21-47(62)59-28-6-24-52(35-59,33-38-7-2-1-3-8-38)51(67)58-44(50(66)56-34-42-10-5-4-9-41(42)32-46(61)57-43)31-37-13-18-40(19-14-37)39-16-11-36(12-17-39)15-22-48(63)64/h1-5,7-14,16-21,43-44H,6,23-35,53H2,(H,54,60)(H,55,65)(H,56,66)(H,57,61)(H,58,67)(H,63,64)/b21-20+/t43-,44-,52-/m0/s1. The van der Waals surface area contributed by atoms with Crippen molar-refractivity contribution < 1.29 is 43.4 Å². The number of nitrogens with one attached hydrogen (secondary N) is 5. The zero-order valence-corrected chi connectivity index (χ0v) is 37.8. The minimum Gasteiger partial charge on any atom is -0.472 e. The van der Waals surface area contributed by atoms with Crippen LogP contribution in [0.5, 0.6) is 0 Å². The predicted molar refractivity (Wildman–Crippen MR) is 254 cm³/mol. The Labute approximate surface area is 395 Å². The summed E-state index contributed by atoms with van der Waals surface area (Å²) in [6, 6.07) is 29.1. The highest BCUT2D eigenvalue weighted by molar-refractivity contribution is 5.97. The van der Waals surface area contributed by atoms with Crippen LogP contribution in [0.3, 0.4) is 0 Å². The Hall–Kier alpha value is -7.61. The zero-order valence-electron chi connectivity index (χ0n) is 37.8. The van der Waals surface area contributed by atoms with Crippen molar-refractivity contribution in [2.24, 2.45) is 11.1 Å². The van der Waals surface area contributed by atoms with E-state index in [0.29, 0.717) is 49.2 Å². The topological polar surface area (TPSA) is 238 Å². The fourth-order valence-electron chi connectivity index (χ4n) is 8.28. The van der Waals surface area contributed by atoms with Crippen LogP contribution in [0, 0.1) is 17.3 Å². The number of fused-ring (bicyclic) bond motifs is 3. The largest absolute Gasteiger partial charge is 0.472 e. The van der Waals surface area contributed by atoms with Gasteiger partial charge in [-0.1, -0.05) is 96.9 Å². The first-order valence-corrected chi connectivity index (χ1v) is 22.6. The van der Waals surface area contributed by atoms with E-state index >= 15 is 0 Å². The smallest absolute Gasteiger partial charge is 0.382 e. The van der Waals surface area contributed by atoms with Crippen LogP contribution >= 0.6 is 0 Å². The van der Waals surface area contributed by atoms with Crippen molar-refractivity contribution in [2.75, 3.05) is 45.9 Å². The molecule has 0 unspecified atom stereocenters. The first kappa shape index (κ1) is 49.8. The summed E-state index contributed by atoms with van der Waals surface area (Å²) in [6.07, 6.45) is 3.48. The molecule has 2 bridgehead atoms. The van der Waals surface area contributed by atoms with Crippen molar-refractivity contribution >= 4 is 41.4 Å². The van der Waals surface area contributed by atoms with Gasteiger partial charge in [0.2, 0.25) is 35.4 Å². The van der Waals surface area contributed by atoms with Gasteiger partial charge in [0.25, 0.3) is 0 Å². The maximum atomic E-state index is 14.9. The second-order valence-corrected chi connectivity index (χ2v) is 16.8. The van der Waals surface area contributed by atoms with Crippen LogP contribution in [-0.4, -0.2) is 109 Å². The molecule has 1 fully saturated rings. The Bertz CT molecular complexity index is 2520. The number of ether oxygens (including phenoxy) is 1. The first-order chi connectivity index (χ1) is 32.9. The van der Waals surface area contributed by atoms with Crippen molar-refractivity contribution in [1.29, 1.82) is 0 Å². The SMILES string of the molecule is NCCOCCNC(=O)[C@@H]1CCNC(=O)/C=C/C(=O)N2CCC[C@](Cc3ccccc3)(C2)C(=O)N[C@@H](Cc2ccc(-c3ccc(C#CC(=O)O)cc3)cc2)C(=O)NCc2ccccc2CC(=O)N1. The number of piperidine rings is 1. The van der Waals surface area contributed by atoms with Gasteiger partial charge in [0.05, 0.1) is 25.0 Å². The molecule has 0 aromatic heterocycles. The number of aliphatic carboxylic acids is 1. The molecule has 2 aliphatic rings. The normalized spacial score (nSPS) is 20.0. The zero-order chi connectivity index (χ0) is 48.3. The highest BCUT2D eigenvalue weighted by atomic mass is 16.5. The maximum Gasteiger partial charge on any atom is 0.382 e. The molecular weight excluding hydrogens is 867 g/mol. The lowest BCUT2D eigenvalue weighted by Gasteiger charge is -2.42. The summed E-state index contributed by atoms with van der Waals surface area (Å²) in [5.41, 5.74) is 9.50. The van der Waals surface area contributed by atoms with Gasteiger partial charge in [-0.05, 0) is 71.2 Å². The van der Waals surface area contributed by atoms with Crippen LogP contribution < -0.4 is 32.3 Å². The molecule has 4 aromatic rings. The molecule has 0 radical (unpaired) electrons. The van der Waals surface area contributed by atoms with Crippen LogP contribution in [0.25, 0.3) is 11.1 Å². The molecule has 16 nitrogen and oxygen atoms in total. The lowest BCUT2D eigenvalue weighted by Crippen LogP contribution is -2.58. The van der Waals surface area contributed by atoms with Gasteiger partial charge in [-0.25, -0.2) is 4.79 Å². The third kappa shape index (κ3) is 14.7. The lowest BCUT2D eigenvalue weighted by molar-refractivity contribution is -0.141. The molecule has 0 spiro atoms. The second-order valence-electron chi connectivity index (χ2n) is 16.8. The van der Waals surface area contributed by atoms with Crippen molar-refractivity contribution in [1.82, 2.24) is 31.5 Å². The van der Waals surface area contributed by atoms with Gasteiger partial charge in [0.1, 0.15) is 12.1 Å². The summed E-state index contributed by atoms with van der Waals surface area (Å²) < 4.78 is 5.36. The van der Waals surface area contributed by atoms with Gasteiger partial charge in [0.15, 0.2) is 0 Å². The van der Waals surface area contributed by atoms with E-state index in [2.05, 4.69) is 38.4 Å². The molecule has 68 heavy (non-hydrogen) atoms. The first-order valence-electron chi connectivity index (χ1n) is 22.6. The van der Waals surface area contributed by atoms with Crippen molar-refractivity contribution in [2.45, 2.75) is 57.2 Å². The van der Waals surface area contributed by atoms with E-state index in [-0.39, 0.29) is 58.5 Å². The Morgan fingerprint density at radius 1 is 0.824 bits per heavy atom. The molecule has 16 heteroatoms. The molecule has 1 saturated heterocycles. The number of rotatable bonds is 11. The van der Waals surface area contributed by atoms with Gasteiger partial charge in [-0.15, -0.1) is 0 Å². The van der Waals surface area contributed by atoms with E-state index < -0.39 is 58.9 Å². The summed E-state index contributed by atoms with van der Waals surface area (Å²) in [5.74, 6) is 0.623. The van der Waals surface area contributed by atoms with Gasteiger partial charge < -0.3 is 47.1 Å². The predicted octanol–water partition coefficient (Wildman–Crippen LogP) is 2.18. The van der Waals surface area contributed by atoms with Crippen LogP contribution in [0.4, 0.5) is 0 Å². The van der Waals surface area contributed by atoms with Gasteiger partial charge >= 0.3 is 5.97 Å². The third-order valence-corrected chi connectivity index (χ3v) is 11.8. The number of amides is 6. The van der Waals surface area contributed by atoms with E-state index in [1.807, 2.05) is 66.7 Å². The number of hydrogen-bond donors (Lipinski definition) is 7. The number of nitrogens with two attached hydrogens (primary N) is 1. The average Bonchev–Trinajstić information content (AvgIpc) is 3.34. The monoisotopic (exact) mass is 923 g/mol. The summed E-state index contributed by atoms with van der Waals surface area (Å²) in [5, 5.41) is 23.2. The number of carboxylic acids is 1. The molecule has 2 heterocycles. The van der Waals surface area contributed by atoms with Crippen LogP contribution in [0.15, 0.2) is 115 Å². The summed E-state index contributed by atoms with van der Waals surface area (Å²) in [4.78, 5) is 95.5. The molecule has 0 aliphatic carbocycles. The van der Waals surface area contributed by atoms with Crippen molar-refractivity contribution in [3.05, 3.63) is 143 Å². The van der Waals surface area contributed by atoms with Crippen molar-refractivity contribution in [3.63, 3.8) is 0 Å². The second kappa shape index (κ2) is 24.8. The highest BCUT2D eigenvalue weighted by Gasteiger charge is 2.44. The molecule has 6 amide bonds. The number of nitrogens with zero attached hydrogens (tertiary/aromatic N) is 1. The summed E-state index contributed by atoms with van der Waals surface area (Å²) in [7, 11) is 0. The van der Waals surface area contributed by atoms with E-state index in [9.17, 15) is 33.6 Å². The van der Waals surface area contributed by atoms with Gasteiger partial charge in [-0.3, -0.25) is 28.8 Å². The van der Waals surface area contributed by atoms with E-state index in [1.165, 1.54) is 0 Å².